The van der Waals surface area contributed by atoms with Gasteiger partial charge < -0.3 is 20.3 Å². The molecule has 1 rings (SSSR count). The van der Waals surface area contributed by atoms with E-state index < -0.39 is 6.10 Å². The SMILES string of the molecule is COC(=O)CSCC(O)COc1ccccc1N. The molecular formula is C12H17NO4S. The predicted molar refractivity (Wildman–Crippen MR) is 71.7 cm³/mol. The van der Waals surface area contributed by atoms with Crippen molar-refractivity contribution in [3.05, 3.63) is 24.3 Å². The van der Waals surface area contributed by atoms with Crippen LogP contribution in [0.1, 0.15) is 0 Å². The van der Waals surface area contributed by atoms with Gasteiger partial charge >= 0.3 is 5.97 Å². The smallest absolute Gasteiger partial charge is 0.315 e. The Kier molecular flexibility index (Phi) is 6.38. The monoisotopic (exact) mass is 271 g/mol. The molecule has 0 saturated heterocycles. The number of aliphatic hydroxyl groups excluding tert-OH is 1. The van der Waals surface area contributed by atoms with Gasteiger partial charge in [0, 0.05) is 5.75 Å². The molecule has 6 heteroatoms. The summed E-state index contributed by atoms with van der Waals surface area (Å²) in [6.45, 7) is 0.141. The number of carbonyl (C=O) groups is 1. The van der Waals surface area contributed by atoms with Crippen LogP contribution in [-0.2, 0) is 9.53 Å². The minimum atomic E-state index is -0.653. The van der Waals surface area contributed by atoms with Crippen LogP contribution >= 0.6 is 11.8 Å². The lowest BCUT2D eigenvalue weighted by Gasteiger charge is -2.13. The van der Waals surface area contributed by atoms with Gasteiger partial charge in [0.1, 0.15) is 12.4 Å². The number of thioether (sulfide) groups is 1. The molecule has 0 saturated carbocycles. The van der Waals surface area contributed by atoms with Gasteiger partial charge in [0.15, 0.2) is 0 Å². The van der Waals surface area contributed by atoms with Crippen LogP contribution < -0.4 is 10.5 Å². The number of anilines is 1. The second-order valence-electron chi connectivity index (χ2n) is 3.59. The molecule has 3 N–H and O–H groups in total. The summed E-state index contributed by atoms with van der Waals surface area (Å²) in [7, 11) is 1.33. The minimum absolute atomic E-state index is 0.141. The van der Waals surface area contributed by atoms with Gasteiger partial charge in [-0.25, -0.2) is 0 Å². The first-order valence-electron chi connectivity index (χ1n) is 5.43. The normalized spacial score (nSPS) is 11.9. The van der Waals surface area contributed by atoms with E-state index in [-0.39, 0.29) is 18.3 Å². The molecule has 100 valence electrons. The van der Waals surface area contributed by atoms with Crippen LogP contribution in [0.3, 0.4) is 0 Å². The van der Waals surface area contributed by atoms with Crippen molar-refractivity contribution in [2.75, 3.05) is 31.0 Å². The summed E-state index contributed by atoms with van der Waals surface area (Å²) in [6.07, 6.45) is -0.653. The van der Waals surface area contributed by atoms with Gasteiger partial charge in [-0.2, -0.15) is 0 Å². The molecule has 0 aliphatic rings. The molecule has 18 heavy (non-hydrogen) atoms. The van der Waals surface area contributed by atoms with E-state index in [0.29, 0.717) is 17.2 Å². The summed E-state index contributed by atoms with van der Waals surface area (Å²) in [4.78, 5) is 10.8. The van der Waals surface area contributed by atoms with E-state index in [9.17, 15) is 9.90 Å². The average molecular weight is 271 g/mol. The summed E-state index contributed by atoms with van der Waals surface area (Å²) in [5.41, 5.74) is 6.23. The maximum atomic E-state index is 10.8. The number of nitrogens with two attached hydrogens (primary N) is 1. The molecule has 1 atom stereocenters. The lowest BCUT2D eigenvalue weighted by Crippen LogP contribution is -2.21. The molecule has 0 aliphatic carbocycles. The molecule has 0 bridgehead atoms. The van der Waals surface area contributed by atoms with Crippen LogP contribution in [0.15, 0.2) is 24.3 Å². The third-order valence-electron chi connectivity index (χ3n) is 2.11. The molecule has 0 radical (unpaired) electrons. The van der Waals surface area contributed by atoms with Crippen LogP contribution in [0, 0.1) is 0 Å². The van der Waals surface area contributed by atoms with Crippen LogP contribution in [0.5, 0.6) is 5.75 Å². The van der Waals surface area contributed by atoms with Crippen molar-refractivity contribution < 1.29 is 19.4 Å². The lowest BCUT2D eigenvalue weighted by atomic mass is 10.3. The maximum absolute atomic E-state index is 10.8. The molecule has 5 nitrogen and oxygen atoms in total. The second-order valence-corrected chi connectivity index (χ2v) is 4.62. The van der Waals surface area contributed by atoms with Gasteiger partial charge in [-0.05, 0) is 12.1 Å². The molecule has 0 heterocycles. The number of rotatable bonds is 7. The molecule has 0 aromatic heterocycles. The number of methoxy groups -OCH3 is 1. The maximum Gasteiger partial charge on any atom is 0.315 e. The van der Waals surface area contributed by atoms with E-state index in [1.807, 2.05) is 12.1 Å². The summed E-state index contributed by atoms with van der Waals surface area (Å²) >= 11 is 1.30. The fraction of sp³-hybridized carbons (Fsp3) is 0.417. The number of aliphatic hydroxyl groups is 1. The van der Waals surface area contributed by atoms with E-state index in [2.05, 4.69) is 4.74 Å². The van der Waals surface area contributed by atoms with Crippen molar-refractivity contribution >= 4 is 23.4 Å². The third-order valence-corrected chi connectivity index (χ3v) is 3.17. The number of para-hydroxylation sites is 2. The zero-order valence-electron chi connectivity index (χ0n) is 10.2. The largest absolute Gasteiger partial charge is 0.489 e. The summed E-state index contributed by atoms with van der Waals surface area (Å²) in [5.74, 6) is 0.873. The van der Waals surface area contributed by atoms with E-state index in [1.165, 1.54) is 18.9 Å². The first kappa shape index (κ1) is 14.7. The van der Waals surface area contributed by atoms with Crippen LogP contribution in [0.25, 0.3) is 0 Å². The van der Waals surface area contributed by atoms with Crippen molar-refractivity contribution in [2.45, 2.75) is 6.10 Å². The van der Waals surface area contributed by atoms with Gasteiger partial charge in [0.05, 0.1) is 24.7 Å². The van der Waals surface area contributed by atoms with Crippen molar-refractivity contribution in [2.24, 2.45) is 0 Å². The molecule has 0 fully saturated rings. The summed E-state index contributed by atoms with van der Waals surface area (Å²) in [5, 5.41) is 9.65. The summed E-state index contributed by atoms with van der Waals surface area (Å²) in [6, 6.07) is 7.09. The molecule has 0 spiro atoms. The zero-order valence-corrected chi connectivity index (χ0v) is 11.0. The van der Waals surface area contributed by atoms with Gasteiger partial charge in [0.25, 0.3) is 0 Å². The average Bonchev–Trinajstić information content (AvgIpc) is 2.37. The molecule has 1 aromatic rings. The standard InChI is InChI=1S/C12H17NO4S/c1-16-12(15)8-18-7-9(14)6-17-11-5-3-2-4-10(11)13/h2-5,9,14H,6-8,13H2,1H3. The first-order valence-corrected chi connectivity index (χ1v) is 6.59. The Hall–Kier alpha value is -1.40. The number of ether oxygens (including phenoxy) is 2. The molecular weight excluding hydrogens is 254 g/mol. The molecule has 1 aromatic carbocycles. The van der Waals surface area contributed by atoms with Crippen molar-refractivity contribution in [3.63, 3.8) is 0 Å². The predicted octanol–water partition coefficient (Wildman–Crippen LogP) is 0.915. The number of carbonyl (C=O) groups excluding carboxylic acids is 1. The second kappa shape index (κ2) is 7.84. The van der Waals surface area contributed by atoms with Crippen LogP contribution in [0.2, 0.25) is 0 Å². The molecule has 0 aliphatic heterocycles. The molecule has 0 amide bonds. The van der Waals surface area contributed by atoms with Gasteiger partial charge in [-0.15, -0.1) is 11.8 Å². The van der Waals surface area contributed by atoms with E-state index in [4.69, 9.17) is 10.5 Å². The van der Waals surface area contributed by atoms with Crippen molar-refractivity contribution in [3.8, 4) is 5.75 Å². The Balaban J connectivity index is 2.23. The quantitative estimate of drug-likeness (QED) is 0.567. The van der Waals surface area contributed by atoms with E-state index in [1.54, 1.807) is 12.1 Å². The first-order chi connectivity index (χ1) is 8.63. The highest BCUT2D eigenvalue weighted by Crippen LogP contribution is 2.20. The van der Waals surface area contributed by atoms with Crippen molar-refractivity contribution in [1.29, 1.82) is 0 Å². The number of benzene rings is 1. The Morgan fingerprint density at radius 3 is 2.89 bits per heavy atom. The highest BCUT2D eigenvalue weighted by Gasteiger charge is 2.08. The fourth-order valence-corrected chi connectivity index (χ4v) is 1.95. The Bertz CT molecular complexity index is 386. The Morgan fingerprint density at radius 2 is 2.22 bits per heavy atom. The van der Waals surface area contributed by atoms with Crippen LogP contribution in [-0.4, -0.2) is 42.4 Å². The van der Waals surface area contributed by atoms with Crippen molar-refractivity contribution in [1.82, 2.24) is 0 Å². The van der Waals surface area contributed by atoms with Gasteiger partial charge in [-0.1, -0.05) is 12.1 Å². The minimum Gasteiger partial charge on any atom is -0.489 e. The van der Waals surface area contributed by atoms with E-state index >= 15 is 0 Å². The molecule has 1 unspecified atom stereocenters. The summed E-state index contributed by atoms with van der Waals surface area (Å²) < 4.78 is 9.87. The van der Waals surface area contributed by atoms with Gasteiger partial charge in [-0.3, -0.25) is 4.79 Å². The number of nitrogen functional groups attached to an aromatic ring is 1. The highest BCUT2D eigenvalue weighted by atomic mass is 32.2. The van der Waals surface area contributed by atoms with E-state index in [0.717, 1.165) is 0 Å². The number of hydrogen-bond donors (Lipinski definition) is 2. The lowest BCUT2D eigenvalue weighted by molar-refractivity contribution is -0.137. The number of hydrogen-bond acceptors (Lipinski definition) is 6. The third kappa shape index (κ3) is 5.29. The van der Waals surface area contributed by atoms with Crippen LogP contribution in [0.4, 0.5) is 5.69 Å². The van der Waals surface area contributed by atoms with Gasteiger partial charge in [0.2, 0.25) is 0 Å². The Labute approximate surface area is 110 Å². The zero-order chi connectivity index (χ0) is 13.4. The highest BCUT2D eigenvalue weighted by molar-refractivity contribution is 7.99. The fourth-order valence-electron chi connectivity index (χ4n) is 1.18. The Morgan fingerprint density at radius 1 is 1.50 bits per heavy atom. The topological polar surface area (TPSA) is 81.8 Å². The number of esters is 1.